The third kappa shape index (κ3) is 7.28. The Morgan fingerprint density at radius 1 is 1.33 bits per heavy atom. The van der Waals surface area contributed by atoms with Crippen molar-refractivity contribution in [2.75, 3.05) is 0 Å². The van der Waals surface area contributed by atoms with E-state index in [2.05, 4.69) is 19.9 Å². The molecule has 0 spiro atoms. The fourth-order valence-electron chi connectivity index (χ4n) is 0.564. The van der Waals surface area contributed by atoms with Gasteiger partial charge in [0.05, 0.1) is 0 Å². The SMILES string of the molecule is CC(C)=CCC/C=C\N. The second kappa shape index (κ2) is 5.42. The van der Waals surface area contributed by atoms with Crippen LogP contribution < -0.4 is 5.73 Å². The number of hydrogen-bond donors (Lipinski definition) is 1. The maximum Gasteiger partial charge on any atom is -0.0103 e. The molecule has 0 aliphatic heterocycles. The molecule has 9 heavy (non-hydrogen) atoms. The Bertz CT molecular complexity index is 108. The van der Waals surface area contributed by atoms with Gasteiger partial charge in [0, 0.05) is 0 Å². The third-order valence-corrected chi connectivity index (χ3v) is 1.02. The van der Waals surface area contributed by atoms with Gasteiger partial charge in [0.2, 0.25) is 0 Å². The molecule has 0 radical (unpaired) electrons. The van der Waals surface area contributed by atoms with E-state index in [-0.39, 0.29) is 0 Å². The summed E-state index contributed by atoms with van der Waals surface area (Å²) in [6, 6.07) is 0. The predicted octanol–water partition coefficient (Wildman–Crippen LogP) is 2.21. The average molecular weight is 125 g/mol. The van der Waals surface area contributed by atoms with Crippen molar-refractivity contribution in [3.63, 3.8) is 0 Å². The fourth-order valence-corrected chi connectivity index (χ4v) is 0.564. The van der Waals surface area contributed by atoms with Gasteiger partial charge in [-0.2, -0.15) is 0 Å². The van der Waals surface area contributed by atoms with Crippen molar-refractivity contribution in [1.82, 2.24) is 0 Å². The molecule has 0 bridgehead atoms. The highest BCUT2D eigenvalue weighted by atomic mass is 14.5. The Hall–Kier alpha value is -0.720. The summed E-state index contributed by atoms with van der Waals surface area (Å²) in [6.45, 7) is 4.21. The van der Waals surface area contributed by atoms with Crippen LogP contribution >= 0.6 is 0 Å². The molecule has 0 saturated carbocycles. The summed E-state index contributed by atoms with van der Waals surface area (Å²) in [6.07, 6.45) is 7.94. The predicted molar refractivity (Wildman–Crippen MR) is 42.0 cm³/mol. The Balaban J connectivity index is 3.20. The van der Waals surface area contributed by atoms with E-state index in [1.54, 1.807) is 6.20 Å². The number of nitrogens with two attached hydrogens (primary N) is 1. The van der Waals surface area contributed by atoms with Crippen molar-refractivity contribution in [2.24, 2.45) is 5.73 Å². The lowest BCUT2D eigenvalue weighted by Gasteiger charge is -1.87. The lowest BCUT2D eigenvalue weighted by atomic mass is 10.2. The zero-order valence-corrected chi connectivity index (χ0v) is 6.22. The molecule has 0 saturated heterocycles. The standard InChI is InChI=1S/C8H15N/c1-8(2)6-4-3-5-7-9/h5-7H,3-4,9H2,1-2H3/b7-5-. The van der Waals surface area contributed by atoms with E-state index >= 15 is 0 Å². The van der Waals surface area contributed by atoms with Gasteiger partial charge in [-0.25, -0.2) is 0 Å². The van der Waals surface area contributed by atoms with Crippen LogP contribution in [0.4, 0.5) is 0 Å². The first-order valence-corrected chi connectivity index (χ1v) is 3.27. The smallest absolute Gasteiger partial charge is 0.0103 e. The van der Waals surface area contributed by atoms with E-state index in [1.165, 1.54) is 5.57 Å². The quantitative estimate of drug-likeness (QED) is 0.454. The van der Waals surface area contributed by atoms with Crippen LogP contribution in [0.25, 0.3) is 0 Å². The molecule has 52 valence electrons. The van der Waals surface area contributed by atoms with Crippen molar-refractivity contribution >= 4 is 0 Å². The van der Waals surface area contributed by atoms with Crippen LogP contribution in [-0.2, 0) is 0 Å². The second-order valence-corrected chi connectivity index (χ2v) is 2.29. The van der Waals surface area contributed by atoms with E-state index < -0.39 is 0 Å². The minimum Gasteiger partial charge on any atom is -0.405 e. The maximum absolute atomic E-state index is 5.14. The van der Waals surface area contributed by atoms with Gasteiger partial charge in [0.25, 0.3) is 0 Å². The zero-order chi connectivity index (χ0) is 7.11. The van der Waals surface area contributed by atoms with Gasteiger partial charge < -0.3 is 5.73 Å². The molecule has 1 nitrogen and oxygen atoms in total. The summed E-state index contributed by atoms with van der Waals surface area (Å²) >= 11 is 0. The van der Waals surface area contributed by atoms with E-state index in [9.17, 15) is 0 Å². The molecule has 0 fully saturated rings. The van der Waals surface area contributed by atoms with Gasteiger partial charge in [-0.05, 0) is 32.9 Å². The molecule has 2 N–H and O–H groups in total. The van der Waals surface area contributed by atoms with Crippen molar-refractivity contribution < 1.29 is 0 Å². The summed E-state index contributed by atoms with van der Waals surface area (Å²) in [7, 11) is 0. The van der Waals surface area contributed by atoms with Crippen LogP contribution in [0.3, 0.4) is 0 Å². The highest BCUT2D eigenvalue weighted by Crippen LogP contribution is 1.96. The normalized spacial score (nSPS) is 10.0. The van der Waals surface area contributed by atoms with Crippen molar-refractivity contribution in [2.45, 2.75) is 26.7 Å². The highest BCUT2D eigenvalue weighted by Gasteiger charge is 1.76. The van der Waals surface area contributed by atoms with E-state index in [0.29, 0.717) is 0 Å². The fraction of sp³-hybridized carbons (Fsp3) is 0.500. The van der Waals surface area contributed by atoms with Gasteiger partial charge in [-0.1, -0.05) is 17.7 Å². The first kappa shape index (κ1) is 8.28. The van der Waals surface area contributed by atoms with Gasteiger partial charge >= 0.3 is 0 Å². The monoisotopic (exact) mass is 125 g/mol. The van der Waals surface area contributed by atoms with Crippen LogP contribution in [0.15, 0.2) is 23.9 Å². The summed E-state index contributed by atoms with van der Waals surface area (Å²) in [4.78, 5) is 0. The third-order valence-electron chi connectivity index (χ3n) is 1.02. The van der Waals surface area contributed by atoms with Crippen molar-refractivity contribution in [3.05, 3.63) is 23.9 Å². The molecule has 0 aromatic carbocycles. The minimum atomic E-state index is 1.06. The summed E-state index contributed by atoms with van der Waals surface area (Å²) < 4.78 is 0. The number of allylic oxidation sites excluding steroid dienone is 3. The Labute approximate surface area is 57.3 Å². The van der Waals surface area contributed by atoms with Gasteiger partial charge in [0.1, 0.15) is 0 Å². The summed E-state index contributed by atoms with van der Waals surface area (Å²) in [5, 5.41) is 0. The lowest BCUT2D eigenvalue weighted by molar-refractivity contribution is 1.03. The van der Waals surface area contributed by atoms with Crippen molar-refractivity contribution in [1.29, 1.82) is 0 Å². The molecule has 0 aromatic heterocycles. The Kier molecular flexibility index (Phi) is 4.98. The number of hydrogen-bond acceptors (Lipinski definition) is 1. The molecule has 0 atom stereocenters. The second-order valence-electron chi connectivity index (χ2n) is 2.29. The highest BCUT2D eigenvalue weighted by molar-refractivity contribution is 4.94. The minimum absolute atomic E-state index is 1.06. The van der Waals surface area contributed by atoms with Crippen LogP contribution in [-0.4, -0.2) is 0 Å². The van der Waals surface area contributed by atoms with Crippen LogP contribution in [0.1, 0.15) is 26.7 Å². The molecule has 0 rings (SSSR count). The van der Waals surface area contributed by atoms with Gasteiger partial charge in [0.15, 0.2) is 0 Å². The summed E-state index contributed by atoms with van der Waals surface area (Å²) in [5.74, 6) is 0. The first-order chi connectivity index (χ1) is 4.27. The van der Waals surface area contributed by atoms with E-state index in [0.717, 1.165) is 12.8 Å². The molecule has 0 aliphatic carbocycles. The molecule has 1 heteroatoms. The summed E-state index contributed by atoms with van der Waals surface area (Å²) in [5.41, 5.74) is 6.52. The zero-order valence-electron chi connectivity index (χ0n) is 6.22. The van der Waals surface area contributed by atoms with Crippen molar-refractivity contribution in [3.8, 4) is 0 Å². The maximum atomic E-state index is 5.14. The first-order valence-electron chi connectivity index (χ1n) is 3.27. The molecule has 0 aromatic rings. The number of unbranched alkanes of at least 4 members (excludes halogenated alkanes) is 1. The molecule has 0 amide bonds. The van der Waals surface area contributed by atoms with Crippen LogP contribution in [0.5, 0.6) is 0 Å². The Morgan fingerprint density at radius 3 is 2.44 bits per heavy atom. The van der Waals surface area contributed by atoms with E-state index in [4.69, 9.17) is 5.73 Å². The molecule has 0 unspecified atom stereocenters. The average Bonchev–Trinajstić information content (AvgIpc) is 1.80. The van der Waals surface area contributed by atoms with Gasteiger partial charge in [-0.3, -0.25) is 0 Å². The van der Waals surface area contributed by atoms with Crippen LogP contribution in [0, 0.1) is 0 Å². The molecular formula is C8H15N. The van der Waals surface area contributed by atoms with Gasteiger partial charge in [-0.15, -0.1) is 0 Å². The number of rotatable bonds is 3. The molecule has 0 heterocycles. The molecule has 0 aliphatic rings. The topological polar surface area (TPSA) is 26.0 Å². The van der Waals surface area contributed by atoms with Crippen LogP contribution in [0.2, 0.25) is 0 Å². The lowest BCUT2D eigenvalue weighted by Crippen LogP contribution is -1.75. The van der Waals surface area contributed by atoms with E-state index in [1.807, 2.05) is 6.08 Å². The Morgan fingerprint density at radius 2 is 2.00 bits per heavy atom. The molecular weight excluding hydrogens is 110 g/mol. The largest absolute Gasteiger partial charge is 0.405 e.